The fourth-order valence-corrected chi connectivity index (χ4v) is 1.09. The molecule has 0 radical (unpaired) electrons. The van der Waals surface area contributed by atoms with Crippen molar-refractivity contribution in [3.05, 3.63) is 11.9 Å². The molecule has 0 aliphatic carbocycles. The van der Waals surface area contributed by atoms with Gasteiger partial charge < -0.3 is 9.84 Å². The highest BCUT2D eigenvalue weighted by molar-refractivity contribution is 5.86. The molecule has 0 fully saturated rings. The molecule has 6 nitrogen and oxygen atoms in total. The van der Waals surface area contributed by atoms with Gasteiger partial charge >= 0.3 is 5.97 Å². The summed E-state index contributed by atoms with van der Waals surface area (Å²) in [6.45, 7) is 2.88. The van der Waals surface area contributed by atoms with E-state index in [1.54, 1.807) is 17.8 Å². The molecule has 0 saturated carbocycles. The first-order valence-corrected chi connectivity index (χ1v) is 4.96. The van der Waals surface area contributed by atoms with Gasteiger partial charge in [-0.25, -0.2) is 4.79 Å². The number of unbranched alkanes of at least 4 members (excludes halogenated alkanes) is 1. The summed E-state index contributed by atoms with van der Waals surface area (Å²) >= 11 is 0. The molecular weight excluding hydrogens is 198 g/mol. The highest BCUT2D eigenvalue weighted by Crippen LogP contribution is 1.98. The highest BCUT2D eigenvalue weighted by Gasteiger charge is 2.10. The van der Waals surface area contributed by atoms with Crippen LogP contribution >= 0.6 is 0 Å². The Morgan fingerprint density at radius 3 is 3.07 bits per heavy atom. The van der Waals surface area contributed by atoms with E-state index in [9.17, 15) is 4.79 Å². The van der Waals surface area contributed by atoms with Crippen molar-refractivity contribution in [3.8, 4) is 0 Å². The van der Waals surface area contributed by atoms with E-state index < -0.39 is 5.97 Å². The maximum Gasteiger partial charge on any atom is 0.360 e. The third-order valence-corrected chi connectivity index (χ3v) is 1.82. The monoisotopic (exact) mass is 213 g/mol. The van der Waals surface area contributed by atoms with Crippen LogP contribution in [0.2, 0.25) is 0 Å². The van der Waals surface area contributed by atoms with Crippen molar-refractivity contribution < 1.29 is 14.6 Å². The van der Waals surface area contributed by atoms with E-state index in [1.807, 2.05) is 0 Å². The van der Waals surface area contributed by atoms with E-state index in [0.29, 0.717) is 19.6 Å². The first-order valence-electron chi connectivity index (χ1n) is 4.96. The minimum absolute atomic E-state index is 0.166. The molecule has 1 heterocycles. The van der Waals surface area contributed by atoms with Crippen molar-refractivity contribution >= 4 is 5.97 Å². The number of esters is 1. The lowest BCUT2D eigenvalue weighted by Gasteiger charge is -1.97. The largest absolute Gasteiger partial charge is 0.461 e. The van der Waals surface area contributed by atoms with E-state index in [2.05, 4.69) is 10.3 Å². The summed E-state index contributed by atoms with van der Waals surface area (Å²) in [4.78, 5) is 11.2. The number of aliphatic hydroxyl groups excluding tert-OH is 1. The third-order valence-electron chi connectivity index (χ3n) is 1.82. The molecular formula is C9H15N3O3. The molecule has 0 unspecified atom stereocenters. The fraction of sp³-hybridized carbons (Fsp3) is 0.667. The molecule has 0 bridgehead atoms. The van der Waals surface area contributed by atoms with Gasteiger partial charge in [-0.1, -0.05) is 5.21 Å². The van der Waals surface area contributed by atoms with Gasteiger partial charge in [-0.2, -0.15) is 0 Å². The van der Waals surface area contributed by atoms with Crippen LogP contribution in [0, 0.1) is 0 Å². The molecule has 0 atom stereocenters. The third kappa shape index (κ3) is 3.67. The van der Waals surface area contributed by atoms with Gasteiger partial charge in [-0.3, -0.25) is 4.68 Å². The van der Waals surface area contributed by atoms with Crippen LogP contribution in [0.5, 0.6) is 0 Å². The number of aliphatic hydroxyl groups is 1. The molecule has 6 heteroatoms. The smallest absolute Gasteiger partial charge is 0.360 e. The van der Waals surface area contributed by atoms with E-state index in [4.69, 9.17) is 9.84 Å². The second-order valence-corrected chi connectivity index (χ2v) is 3.02. The second-order valence-electron chi connectivity index (χ2n) is 3.02. The molecule has 1 aromatic heterocycles. The Morgan fingerprint density at radius 2 is 2.40 bits per heavy atom. The predicted octanol–water partition coefficient (Wildman–Crippen LogP) is 0.227. The Labute approximate surface area is 87.9 Å². The molecule has 84 valence electrons. The Balaban J connectivity index is 2.45. The summed E-state index contributed by atoms with van der Waals surface area (Å²) in [6, 6.07) is 0. The molecule has 0 aliphatic rings. The van der Waals surface area contributed by atoms with Crippen molar-refractivity contribution in [1.29, 1.82) is 0 Å². The Hall–Kier alpha value is -1.43. The maximum atomic E-state index is 11.2. The van der Waals surface area contributed by atoms with Crippen LogP contribution in [0.3, 0.4) is 0 Å². The van der Waals surface area contributed by atoms with Gasteiger partial charge in [0.1, 0.15) is 0 Å². The number of aromatic nitrogens is 3. The number of ether oxygens (including phenoxy) is 1. The quantitative estimate of drug-likeness (QED) is 0.540. The van der Waals surface area contributed by atoms with Crippen LogP contribution in [0.1, 0.15) is 30.3 Å². The van der Waals surface area contributed by atoms with Crippen LogP contribution in [0.25, 0.3) is 0 Å². The topological polar surface area (TPSA) is 77.2 Å². The Bertz CT molecular complexity index is 311. The number of rotatable bonds is 6. The number of hydrogen-bond acceptors (Lipinski definition) is 5. The summed E-state index contributed by atoms with van der Waals surface area (Å²) in [5.74, 6) is -0.453. The minimum atomic E-state index is -0.453. The molecule has 1 aromatic rings. The van der Waals surface area contributed by atoms with Crippen LogP contribution in [0.15, 0.2) is 6.20 Å². The zero-order valence-electron chi connectivity index (χ0n) is 8.72. The molecule has 0 amide bonds. The van der Waals surface area contributed by atoms with Crippen LogP contribution in [-0.4, -0.2) is 39.3 Å². The minimum Gasteiger partial charge on any atom is -0.461 e. The van der Waals surface area contributed by atoms with Crippen LogP contribution in [0.4, 0.5) is 0 Å². The predicted molar refractivity (Wildman–Crippen MR) is 52.3 cm³/mol. The maximum absolute atomic E-state index is 11.2. The van der Waals surface area contributed by atoms with E-state index in [0.717, 1.165) is 6.42 Å². The van der Waals surface area contributed by atoms with Gasteiger partial charge in [-0.15, -0.1) is 5.10 Å². The van der Waals surface area contributed by atoms with Crippen molar-refractivity contribution in [2.75, 3.05) is 13.2 Å². The average Bonchev–Trinajstić information content (AvgIpc) is 2.67. The van der Waals surface area contributed by atoms with E-state index in [1.165, 1.54) is 0 Å². The lowest BCUT2D eigenvalue weighted by atomic mass is 10.3. The lowest BCUT2D eigenvalue weighted by Crippen LogP contribution is -2.04. The Morgan fingerprint density at radius 1 is 1.60 bits per heavy atom. The number of hydrogen-bond donors (Lipinski definition) is 1. The first-order chi connectivity index (χ1) is 7.27. The summed E-state index contributed by atoms with van der Waals surface area (Å²) in [6.07, 6.45) is 3.08. The normalized spacial score (nSPS) is 10.3. The second kappa shape index (κ2) is 6.13. The zero-order chi connectivity index (χ0) is 11.1. The molecule has 0 spiro atoms. The van der Waals surface area contributed by atoms with Gasteiger partial charge in [0.15, 0.2) is 5.69 Å². The summed E-state index contributed by atoms with van der Waals surface area (Å²) in [5, 5.41) is 16.1. The molecule has 0 aromatic carbocycles. The summed E-state index contributed by atoms with van der Waals surface area (Å²) in [7, 11) is 0. The van der Waals surface area contributed by atoms with Crippen molar-refractivity contribution in [1.82, 2.24) is 15.0 Å². The summed E-state index contributed by atoms with van der Waals surface area (Å²) in [5.41, 5.74) is 0.223. The summed E-state index contributed by atoms with van der Waals surface area (Å²) < 4.78 is 6.34. The standard InChI is InChI=1S/C9H15N3O3/c1-2-15-9(14)8-7-12(11-10-8)5-3-4-6-13/h7,13H,2-6H2,1H3. The zero-order valence-corrected chi connectivity index (χ0v) is 8.72. The molecule has 0 saturated heterocycles. The molecule has 1 rings (SSSR count). The molecule has 0 aliphatic heterocycles. The van der Waals surface area contributed by atoms with Gasteiger partial charge in [0.05, 0.1) is 12.8 Å². The first kappa shape index (κ1) is 11.6. The van der Waals surface area contributed by atoms with Crippen LogP contribution < -0.4 is 0 Å². The van der Waals surface area contributed by atoms with Gasteiger partial charge in [0.2, 0.25) is 0 Å². The van der Waals surface area contributed by atoms with Gasteiger partial charge in [0, 0.05) is 13.2 Å². The SMILES string of the molecule is CCOC(=O)c1cn(CCCCO)nn1. The van der Waals surface area contributed by atoms with Gasteiger partial charge in [-0.05, 0) is 19.8 Å². The van der Waals surface area contributed by atoms with Crippen LogP contribution in [-0.2, 0) is 11.3 Å². The van der Waals surface area contributed by atoms with Crippen molar-refractivity contribution in [2.24, 2.45) is 0 Å². The number of carbonyl (C=O) groups is 1. The number of carbonyl (C=O) groups excluding carboxylic acids is 1. The lowest BCUT2D eigenvalue weighted by molar-refractivity contribution is 0.0519. The average molecular weight is 213 g/mol. The van der Waals surface area contributed by atoms with E-state index in [-0.39, 0.29) is 12.3 Å². The highest BCUT2D eigenvalue weighted by atomic mass is 16.5. The van der Waals surface area contributed by atoms with Crippen molar-refractivity contribution in [3.63, 3.8) is 0 Å². The van der Waals surface area contributed by atoms with E-state index >= 15 is 0 Å². The molecule has 1 N–H and O–H groups in total. The molecule has 15 heavy (non-hydrogen) atoms. The van der Waals surface area contributed by atoms with Gasteiger partial charge in [0.25, 0.3) is 0 Å². The Kier molecular flexibility index (Phi) is 4.76. The fourth-order valence-electron chi connectivity index (χ4n) is 1.09. The number of aryl methyl sites for hydroxylation is 1. The number of nitrogens with zero attached hydrogens (tertiary/aromatic N) is 3. The van der Waals surface area contributed by atoms with Crippen molar-refractivity contribution in [2.45, 2.75) is 26.3 Å².